The molecule has 156 valence electrons. The highest BCUT2D eigenvalue weighted by molar-refractivity contribution is 7.92. The van der Waals surface area contributed by atoms with Gasteiger partial charge in [0.25, 0.3) is 15.9 Å². The van der Waals surface area contributed by atoms with E-state index in [4.69, 9.17) is 27.9 Å². The molecule has 6 nitrogen and oxygen atoms in total. The van der Waals surface area contributed by atoms with Gasteiger partial charge in [0, 0.05) is 17.3 Å². The maximum absolute atomic E-state index is 12.5. The van der Waals surface area contributed by atoms with E-state index in [1.807, 2.05) is 30.3 Å². The second kappa shape index (κ2) is 9.84. The average molecular weight is 465 g/mol. The molecule has 3 aromatic rings. The number of carbonyl (C=O) groups is 1. The van der Waals surface area contributed by atoms with Crippen LogP contribution in [0.5, 0.6) is 5.75 Å². The number of nitrogens with one attached hydrogen (secondary N) is 2. The third-order valence-corrected chi connectivity index (χ3v) is 5.93. The predicted octanol–water partition coefficient (Wildman–Crippen LogP) is 4.49. The fourth-order valence-corrected chi connectivity index (χ4v) is 4.00. The molecule has 0 aliphatic carbocycles. The first-order valence-electron chi connectivity index (χ1n) is 8.85. The molecule has 3 rings (SSSR count). The molecule has 0 saturated heterocycles. The molecule has 0 spiro atoms. The van der Waals surface area contributed by atoms with Crippen molar-refractivity contribution in [1.82, 2.24) is 5.32 Å². The maximum Gasteiger partial charge on any atom is 0.261 e. The number of rotatable bonds is 8. The molecule has 0 aliphatic rings. The second-order valence-electron chi connectivity index (χ2n) is 6.26. The van der Waals surface area contributed by atoms with Crippen LogP contribution in [0.2, 0.25) is 10.0 Å². The Morgan fingerprint density at radius 3 is 2.30 bits per heavy atom. The molecular weight excluding hydrogens is 447 g/mol. The number of hydrogen-bond acceptors (Lipinski definition) is 4. The highest BCUT2D eigenvalue weighted by atomic mass is 35.5. The Morgan fingerprint density at radius 1 is 0.933 bits per heavy atom. The van der Waals surface area contributed by atoms with Gasteiger partial charge in [0.1, 0.15) is 5.75 Å². The van der Waals surface area contributed by atoms with Crippen molar-refractivity contribution in [3.05, 3.63) is 88.4 Å². The zero-order valence-corrected chi connectivity index (χ0v) is 18.0. The number of anilines is 1. The molecule has 2 N–H and O–H groups in total. The van der Waals surface area contributed by atoms with Crippen molar-refractivity contribution < 1.29 is 17.9 Å². The van der Waals surface area contributed by atoms with Crippen LogP contribution in [0, 0.1) is 0 Å². The number of amides is 1. The first-order valence-corrected chi connectivity index (χ1v) is 11.1. The summed E-state index contributed by atoms with van der Waals surface area (Å²) in [6.45, 7) is 0.131. The van der Waals surface area contributed by atoms with Crippen molar-refractivity contribution in [3.63, 3.8) is 0 Å². The van der Waals surface area contributed by atoms with Crippen molar-refractivity contribution >= 4 is 44.8 Å². The minimum Gasteiger partial charge on any atom is -0.482 e. The van der Waals surface area contributed by atoms with Gasteiger partial charge < -0.3 is 10.1 Å². The summed E-state index contributed by atoms with van der Waals surface area (Å²) in [6.07, 6.45) is 0. The molecule has 0 fully saturated rings. The lowest BCUT2D eigenvalue weighted by Gasteiger charge is -2.12. The van der Waals surface area contributed by atoms with E-state index in [2.05, 4.69) is 10.0 Å². The van der Waals surface area contributed by atoms with Crippen molar-refractivity contribution in [2.75, 3.05) is 11.3 Å². The van der Waals surface area contributed by atoms with Gasteiger partial charge >= 0.3 is 0 Å². The van der Waals surface area contributed by atoms with Crippen molar-refractivity contribution in [2.24, 2.45) is 0 Å². The van der Waals surface area contributed by atoms with Gasteiger partial charge in [-0.2, -0.15) is 0 Å². The quantitative estimate of drug-likeness (QED) is 0.514. The van der Waals surface area contributed by atoms with Crippen LogP contribution in [0.3, 0.4) is 0 Å². The van der Waals surface area contributed by atoms with Gasteiger partial charge in [-0.3, -0.25) is 9.52 Å². The Bertz CT molecular complexity index is 1120. The maximum atomic E-state index is 12.5. The molecule has 30 heavy (non-hydrogen) atoms. The van der Waals surface area contributed by atoms with Crippen LogP contribution in [0.25, 0.3) is 0 Å². The molecule has 0 aromatic heterocycles. The third-order valence-electron chi connectivity index (χ3n) is 4.00. The van der Waals surface area contributed by atoms with E-state index in [-0.39, 0.29) is 28.2 Å². The lowest BCUT2D eigenvalue weighted by Crippen LogP contribution is -2.28. The zero-order chi connectivity index (χ0) is 21.6. The molecule has 0 unspecified atom stereocenters. The summed E-state index contributed by atoms with van der Waals surface area (Å²) in [5, 5.41) is 3.30. The van der Waals surface area contributed by atoms with Crippen LogP contribution in [0.1, 0.15) is 5.56 Å². The minimum atomic E-state index is -3.85. The van der Waals surface area contributed by atoms with Gasteiger partial charge in [-0.1, -0.05) is 53.5 Å². The van der Waals surface area contributed by atoms with E-state index in [0.717, 1.165) is 5.56 Å². The van der Waals surface area contributed by atoms with E-state index >= 15 is 0 Å². The van der Waals surface area contributed by atoms with Gasteiger partial charge in [0.15, 0.2) is 6.61 Å². The lowest BCUT2D eigenvalue weighted by atomic mass is 10.2. The van der Waals surface area contributed by atoms with Crippen LogP contribution >= 0.6 is 23.2 Å². The fraction of sp³-hybridized carbons (Fsp3) is 0.0952. The van der Waals surface area contributed by atoms with Gasteiger partial charge in [-0.25, -0.2) is 8.42 Å². The Kier molecular flexibility index (Phi) is 7.20. The Hall–Kier alpha value is -2.74. The van der Waals surface area contributed by atoms with E-state index < -0.39 is 10.0 Å². The summed E-state index contributed by atoms with van der Waals surface area (Å²) < 4.78 is 32.9. The standard InChI is InChI=1S/C21H18Cl2N2O4S/c22-16-6-8-17(9-7-16)25-30(27,28)18-10-11-20(19(23)12-18)29-14-21(26)24-13-15-4-2-1-3-5-15/h1-12,25H,13-14H2,(H,24,26). The van der Waals surface area contributed by atoms with Crippen molar-refractivity contribution in [2.45, 2.75) is 11.4 Å². The number of ether oxygens (including phenoxy) is 1. The first kappa shape index (κ1) is 22.0. The van der Waals surface area contributed by atoms with Gasteiger partial charge in [0.2, 0.25) is 0 Å². The van der Waals surface area contributed by atoms with Crippen LogP contribution in [-0.4, -0.2) is 20.9 Å². The highest BCUT2D eigenvalue weighted by Crippen LogP contribution is 2.28. The second-order valence-corrected chi connectivity index (χ2v) is 8.78. The molecule has 0 radical (unpaired) electrons. The summed E-state index contributed by atoms with van der Waals surface area (Å²) in [6, 6.07) is 19.7. The van der Waals surface area contributed by atoms with Crippen molar-refractivity contribution in [1.29, 1.82) is 0 Å². The average Bonchev–Trinajstić information content (AvgIpc) is 2.73. The molecule has 0 aliphatic heterocycles. The van der Waals surface area contributed by atoms with E-state index in [0.29, 0.717) is 17.3 Å². The molecule has 3 aromatic carbocycles. The molecule has 0 atom stereocenters. The predicted molar refractivity (Wildman–Crippen MR) is 117 cm³/mol. The fourth-order valence-electron chi connectivity index (χ4n) is 2.49. The Labute approximate surface area is 184 Å². The number of sulfonamides is 1. The number of benzene rings is 3. The lowest BCUT2D eigenvalue weighted by molar-refractivity contribution is -0.123. The summed E-state index contributed by atoms with van der Waals surface area (Å²) in [5.41, 5.74) is 1.33. The van der Waals surface area contributed by atoms with Crippen LogP contribution < -0.4 is 14.8 Å². The molecular formula is C21H18Cl2N2O4S. The largest absolute Gasteiger partial charge is 0.482 e. The summed E-state index contributed by atoms with van der Waals surface area (Å²) >= 11 is 12.0. The number of carbonyl (C=O) groups excluding carboxylic acids is 1. The molecule has 0 heterocycles. The minimum absolute atomic E-state index is 0.0386. The SMILES string of the molecule is O=C(COc1ccc(S(=O)(=O)Nc2ccc(Cl)cc2)cc1Cl)NCc1ccccc1. The summed E-state index contributed by atoms with van der Waals surface area (Å²) in [7, 11) is -3.85. The van der Waals surface area contributed by atoms with E-state index in [1.165, 1.54) is 18.2 Å². The van der Waals surface area contributed by atoms with Crippen LogP contribution in [0.15, 0.2) is 77.7 Å². The number of halogens is 2. The number of hydrogen-bond donors (Lipinski definition) is 2. The smallest absolute Gasteiger partial charge is 0.261 e. The molecule has 1 amide bonds. The highest BCUT2D eigenvalue weighted by Gasteiger charge is 2.17. The van der Waals surface area contributed by atoms with Crippen molar-refractivity contribution in [3.8, 4) is 5.75 Å². The molecule has 0 bridgehead atoms. The monoisotopic (exact) mass is 464 g/mol. The van der Waals surface area contributed by atoms with Gasteiger partial charge in [-0.15, -0.1) is 0 Å². The van der Waals surface area contributed by atoms with Crippen LogP contribution in [-0.2, 0) is 21.4 Å². The first-order chi connectivity index (χ1) is 14.3. The van der Waals surface area contributed by atoms with Gasteiger partial charge in [-0.05, 0) is 48.0 Å². The third kappa shape index (κ3) is 6.13. The van der Waals surface area contributed by atoms with E-state index in [1.54, 1.807) is 24.3 Å². The topological polar surface area (TPSA) is 84.5 Å². The molecule has 0 saturated carbocycles. The summed E-state index contributed by atoms with van der Waals surface area (Å²) in [5.74, 6) is -0.118. The Morgan fingerprint density at radius 2 is 1.63 bits per heavy atom. The Balaban J connectivity index is 1.59. The van der Waals surface area contributed by atoms with Gasteiger partial charge in [0.05, 0.1) is 9.92 Å². The van der Waals surface area contributed by atoms with E-state index in [9.17, 15) is 13.2 Å². The normalized spacial score (nSPS) is 11.0. The van der Waals surface area contributed by atoms with Crippen LogP contribution in [0.4, 0.5) is 5.69 Å². The summed E-state index contributed by atoms with van der Waals surface area (Å²) in [4.78, 5) is 11.9. The zero-order valence-electron chi connectivity index (χ0n) is 15.6. The molecule has 9 heteroatoms.